The predicted octanol–water partition coefficient (Wildman–Crippen LogP) is -1.34. The normalized spacial score (nSPS) is 30.3. The molecular weight excluding hydrogens is 356 g/mol. The van der Waals surface area contributed by atoms with Gasteiger partial charge in [0.1, 0.15) is 37.0 Å². The molecule has 1 amide bonds. The van der Waals surface area contributed by atoms with Crippen molar-refractivity contribution >= 4 is 24.3 Å². The van der Waals surface area contributed by atoms with Crippen LogP contribution in [0.2, 0.25) is 0 Å². The molecule has 9 nitrogen and oxygen atoms in total. The van der Waals surface area contributed by atoms with Gasteiger partial charge >= 0.3 is 5.97 Å². The van der Waals surface area contributed by atoms with E-state index in [4.69, 9.17) is 15.2 Å². The minimum atomic E-state index is -1.54. The number of nitrogens with one attached hydrogen (secondary N) is 1. The molecular formula is C15H29ClN2O7. The fourth-order valence-corrected chi connectivity index (χ4v) is 2.26. The number of rotatable bonds is 7. The number of nitrogens with two attached hydrogens (primary N) is 1. The Labute approximate surface area is 153 Å². The zero-order valence-corrected chi connectivity index (χ0v) is 15.4. The van der Waals surface area contributed by atoms with E-state index in [9.17, 15) is 24.9 Å². The molecule has 0 aromatic carbocycles. The van der Waals surface area contributed by atoms with Crippen LogP contribution in [0.3, 0.4) is 0 Å². The van der Waals surface area contributed by atoms with Gasteiger partial charge in [-0.2, -0.15) is 0 Å². The van der Waals surface area contributed by atoms with Crippen LogP contribution in [-0.2, 0) is 19.1 Å². The van der Waals surface area contributed by atoms with Crippen molar-refractivity contribution in [2.75, 3.05) is 6.61 Å². The second-order valence-electron chi connectivity index (χ2n) is 6.29. The Morgan fingerprint density at radius 3 is 2.36 bits per heavy atom. The lowest BCUT2D eigenvalue weighted by Crippen LogP contribution is -2.64. The minimum absolute atomic E-state index is 0. The van der Waals surface area contributed by atoms with Crippen molar-refractivity contribution in [1.29, 1.82) is 0 Å². The second-order valence-corrected chi connectivity index (χ2v) is 6.29. The molecule has 10 heteroatoms. The minimum Gasteiger partial charge on any atom is -0.462 e. The van der Waals surface area contributed by atoms with Gasteiger partial charge in [0, 0.05) is 6.42 Å². The van der Waals surface area contributed by atoms with Gasteiger partial charge in [-0.15, -0.1) is 12.4 Å². The third-order valence-electron chi connectivity index (χ3n) is 3.91. The van der Waals surface area contributed by atoms with Gasteiger partial charge in [-0.3, -0.25) is 9.59 Å². The largest absolute Gasteiger partial charge is 0.462 e. The average Bonchev–Trinajstić information content (AvgIpc) is 2.52. The molecule has 1 unspecified atom stereocenters. The van der Waals surface area contributed by atoms with Crippen LogP contribution in [0.4, 0.5) is 0 Å². The van der Waals surface area contributed by atoms with E-state index in [0.717, 1.165) is 0 Å². The highest BCUT2D eigenvalue weighted by molar-refractivity contribution is 5.85. The fraction of sp³-hybridized carbons (Fsp3) is 0.867. The fourth-order valence-electron chi connectivity index (χ4n) is 2.26. The van der Waals surface area contributed by atoms with Crippen LogP contribution in [-0.4, -0.2) is 70.5 Å². The standard InChI is InChI=1S/C15H28N2O7.ClH/c1-4-5-9(18)17-11-13(20)12(19)8(24-15(11)22)6-23-14(21)10(16)7(2)3;/h7-8,10-13,15,19-20,22H,4-6,16H2,1-3H3,(H,17,18);1H/t8-,10+,11-,12-,13-,15?;/m1./s1. The van der Waals surface area contributed by atoms with Crippen LogP contribution in [0.1, 0.15) is 33.6 Å². The summed E-state index contributed by atoms with van der Waals surface area (Å²) in [6.07, 6.45) is -4.74. The molecule has 6 atom stereocenters. The third-order valence-corrected chi connectivity index (χ3v) is 3.91. The van der Waals surface area contributed by atoms with E-state index < -0.39 is 42.7 Å². The van der Waals surface area contributed by atoms with Gasteiger partial charge in [0.15, 0.2) is 6.29 Å². The summed E-state index contributed by atoms with van der Waals surface area (Å²) >= 11 is 0. The Bertz CT molecular complexity index is 438. The molecule has 1 aliphatic heterocycles. The van der Waals surface area contributed by atoms with Crippen molar-refractivity contribution in [3.8, 4) is 0 Å². The predicted molar refractivity (Wildman–Crippen MR) is 90.8 cm³/mol. The topological polar surface area (TPSA) is 151 Å². The summed E-state index contributed by atoms with van der Waals surface area (Å²) in [6.45, 7) is 4.96. The lowest BCUT2D eigenvalue weighted by Gasteiger charge is -2.40. The van der Waals surface area contributed by atoms with E-state index in [0.29, 0.717) is 6.42 Å². The first-order chi connectivity index (χ1) is 11.2. The molecule has 1 fully saturated rings. The van der Waals surface area contributed by atoms with Crippen molar-refractivity contribution in [2.24, 2.45) is 11.7 Å². The van der Waals surface area contributed by atoms with Crippen LogP contribution >= 0.6 is 12.4 Å². The molecule has 1 saturated heterocycles. The first kappa shape index (κ1) is 24.0. The van der Waals surface area contributed by atoms with Crippen LogP contribution < -0.4 is 11.1 Å². The summed E-state index contributed by atoms with van der Waals surface area (Å²) in [5.74, 6) is -1.16. The first-order valence-corrected chi connectivity index (χ1v) is 8.10. The molecule has 1 rings (SSSR count). The molecule has 0 saturated carbocycles. The zero-order chi connectivity index (χ0) is 18.4. The van der Waals surface area contributed by atoms with Gasteiger partial charge < -0.3 is 35.8 Å². The number of carbonyl (C=O) groups excluding carboxylic acids is 2. The van der Waals surface area contributed by atoms with Crippen LogP contribution in [0.25, 0.3) is 0 Å². The van der Waals surface area contributed by atoms with Gasteiger partial charge in [-0.05, 0) is 12.3 Å². The SMILES string of the molecule is CCCC(=O)N[C@H]1C(O)O[C@H](COC(=O)[C@@H](N)C(C)C)[C@@H](O)[C@@H]1O.Cl. The highest BCUT2D eigenvalue weighted by atomic mass is 35.5. The van der Waals surface area contributed by atoms with Crippen LogP contribution in [0, 0.1) is 5.92 Å². The number of aliphatic hydroxyl groups is 3. The van der Waals surface area contributed by atoms with Crippen molar-refractivity contribution in [3.63, 3.8) is 0 Å². The monoisotopic (exact) mass is 384 g/mol. The Kier molecular flexibility index (Phi) is 10.5. The van der Waals surface area contributed by atoms with Gasteiger partial charge in [0.25, 0.3) is 0 Å². The third kappa shape index (κ3) is 6.69. The molecule has 0 bridgehead atoms. The molecule has 0 radical (unpaired) electrons. The van der Waals surface area contributed by atoms with E-state index in [1.807, 2.05) is 6.92 Å². The van der Waals surface area contributed by atoms with Gasteiger partial charge in [0.2, 0.25) is 5.91 Å². The molecule has 0 aliphatic carbocycles. The number of ether oxygens (including phenoxy) is 2. The maximum atomic E-state index is 11.7. The van der Waals surface area contributed by atoms with Crippen LogP contribution in [0.5, 0.6) is 0 Å². The Morgan fingerprint density at radius 2 is 1.84 bits per heavy atom. The van der Waals surface area contributed by atoms with Gasteiger partial charge in [-0.25, -0.2) is 0 Å². The van der Waals surface area contributed by atoms with E-state index in [1.54, 1.807) is 13.8 Å². The molecule has 25 heavy (non-hydrogen) atoms. The van der Waals surface area contributed by atoms with Crippen molar-refractivity contribution in [1.82, 2.24) is 5.32 Å². The number of hydrogen-bond acceptors (Lipinski definition) is 8. The van der Waals surface area contributed by atoms with E-state index in [-0.39, 0.29) is 37.3 Å². The van der Waals surface area contributed by atoms with Gasteiger partial charge in [-0.1, -0.05) is 20.8 Å². The summed E-state index contributed by atoms with van der Waals surface area (Å²) in [5, 5.41) is 32.5. The highest BCUT2D eigenvalue weighted by Gasteiger charge is 2.45. The maximum absolute atomic E-state index is 11.7. The molecule has 0 aromatic rings. The summed E-state index contributed by atoms with van der Waals surface area (Å²) in [7, 11) is 0. The average molecular weight is 385 g/mol. The highest BCUT2D eigenvalue weighted by Crippen LogP contribution is 2.21. The summed E-state index contributed by atoms with van der Waals surface area (Å²) in [4.78, 5) is 23.3. The molecule has 1 heterocycles. The number of aliphatic hydroxyl groups excluding tert-OH is 3. The summed E-state index contributed by atoms with van der Waals surface area (Å²) < 4.78 is 10.1. The van der Waals surface area contributed by atoms with Gasteiger partial charge in [0.05, 0.1) is 0 Å². The lowest BCUT2D eigenvalue weighted by atomic mass is 9.97. The Hall–Kier alpha value is -0.970. The smallest absolute Gasteiger partial charge is 0.323 e. The molecule has 0 spiro atoms. The van der Waals surface area contributed by atoms with E-state index in [2.05, 4.69) is 5.32 Å². The number of amides is 1. The molecule has 1 aliphatic rings. The van der Waals surface area contributed by atoms with E-state index >= 15 is 0 Å². The first-order valence-electron chi connectivity index (χ1n) is 8.10. The zero-order valence-electron chi connectivity index (χ0n) is 14.6. The second kappa shape index (κ2) is 10.9. The van der Waals surface area contributed by atoms with Crippen molar-refractivity contribution in [2.45, 2.75) is 70.3 Å². The van der Waals surface area contributed by atoms with Crippen molar-refractivity contribution < 1.29 is 34.4 Å². The molecule has 6 N–H and O–H groups in total. The molecule has 0 aromatic heterocycles. The Balaban J connectivity index is 0.00000576. The maximum Gasteiger partial charge on any atom is 0.323 e. The summed E-state index contributed by atoms with van der Waals surface area (Å²) in [5.41, 5.74) is 5.65. The van der Waals surface area contributed by atoms with Crippen LogP contribution in [0.15, 0.2) is 0 Å². The van der Waals surface area contributed by atoms with E-state index in [1.165, 1.54) is 0 Å². The molecule has 148 valence electrons. The number of halogens is 1. The Morgan fingerprint density at radius 1 is 1.24 bits per heavy atom. The number of hydrogen-bond donors (Lipinski definition) is 5. The number of esters is 1. The quantitative estimate of drug-likeness (QED) is 0.338. The van der Waals surface area contributed by atoms with Crippen molar-refractivity contribution in [3.05, 3.63) is 0 Å². The lowest BCUT2D eigenvalue weighted by molar-refractivity contribution is -0.256. The summed E-state index contributed by atoms with van der Waals surface area (Å²) in [6, 6.07) is -1.98. The number of carbonyl (C=O) groups is 2.